The van der Waals surface area contributed by atoms with Crippen molar-refractivity contribution in [2.75, 3.05) is 31.1 Å². The van der Waals surface area contributed by atoms with Gasteiger partial charge in [0.15, 0.2) is 5.90 Å². The molecule has 7 heteroatoms. The molecule has 0 radical (unpaired) electrons. The number of hydrogen-bond acceptors (Lipinski definition) is 5. The second kappa shape index (κ2) is 7.34. The Balaban J connectivity index is 1.69. The van der Waals surface area contributed by atoms with Crippen molar-refractivity contribution in [3.63, 3.8) is 0 Å². The lowest BCUT2D eigenvalue weighted by atomic mass is 9.97. The van der Waals surface area contributed by atoms with Gasteiger partial charge in [-0.05, 0) is 58.7 Å². The average Bonchev–Trinajstić information content (AvgIpc) is 2.57. The van der Waals surface area contributed by atoms with E-state index in [1.54, 1.807) is 6.92 Å². The molecule has 0 bridgehead atoms. The highest BCUT2D eigenvalue weighted by molar-refractivity contribution is 7.91. The first kappa shape index (κ1) is 21.1. The molecule has 2 heterocycles. The van der Waals surface area contributed by atoms with Crippen LogP contribution in [-0.2, 0) is 21.2 Å². The molecule has 0 spiro atoms. The molecule has 28 heavy (non-hydrogen) atoms. The number of anilines is 1. The second-order valence-corrected chi connectivity index (χ2v) is 11.1. The number of ether oxygens (including phenoxy) is 1. The van der Waals surface area contributed by atoms with Gasteiger partial charge < -0.3 is 9.64 Å². The van der Waals surface area contributed by atoms with E-state index in [0.717, 1.165) is 31.7 Å². The minimum absolute atomic E-state index is 0.206. The van der Waals surface area contributed by atoms with Crippen molar-refractivity contribution in [3.8, 4) is 0 Å². The molecule has 2 aliphatic rings. The Kier molecular flexibility index (Phi) is 5.53. The van der Waals surface area contributed by atoms with Gasteiger partial charge in [-0.15, -0.1) is 4.40 Å². The van der Waals surface area contributed by atoms with E-state index in [4.69, 9.17) is 4.74 Å². The third kappa shape index (κ3) is 4.51. The van der Waals surface area contributed by atoms with Gasteiger partial charge >= 0.3 is 0 Å². The topological polar surface area (TPSA) is 62.2 Å². The molecular weight excluding hydrogens is 374 g/mol. The number of rotatable bonds is 3. The van der Waals surface area contributed by atoms with Crippen LogP contribution in [0.5, 0.6) is 0 Å². The number of benzene rings is 1. The zero-order chi connectivity index (χ0) is 20.7. The fraction of sp³-hybridized carbons (Fsp3) is 0.667. The predicted octanol–water partition coefficient (Wildman–Crippen LogP) is 3.08. The maximum Gasteiger partial charge on any atom is 0.263 e. The summed E-state index contributed by atoms with van der Waals surface area (Å²) in [7, 11) is -3.58. The minimum Gasteiger partial charge on any atom is -0.473 e. The van der Waals surface area contributed by atoms with Crippen LogP contribution in [0.15, 0.2) is 28.7 Å². The molecule has 1 aromatic rings. The lowest BCUT2D eigenvalue weighted by Gasteiger charge is -2.43. The summed E-state index contributed by atoms with van der Waals surface area (Å²) in [6, 6.07) is 8.25. The molecule has 0 N–H and O–H groups in total. The zero-order valence-electron chi connectivity index (χ0n) is 17.9. The Hall–Kier alpha value is -1.60. The van der Waals surface area contributed by atoms with Crippen LogP contribution >= 0.6 is 0 Å². The molecular formula is C21H33N3O3S. The van der Waals surface area contributed by atoms with E-state index in [-0.39, 0.29) is 11.4 Å². The van der Waals surface area contributed by atoms with Crippen LogP contribution in [0.25, 0.3) is 0 Å². The number of sulfonamides is 1. The van der Waals surface area contributed by atoms with Gasteiger partial charge in [-0.2, -0.15) is 0 Å². The van der Waals surface area contributed by atoms with Crippen LogP contribution in [-0.4, -0.2) is 61.8 Å². The summed E-state index contributed by atoms with van der Waals surface area (Å²) in [6.07, 6.45) is 0.393. The van der Waals surface area contributed by atoms with Crippen molar-refractivity contribution in [1.29, 1.82) is 0 Å². The van der Waals surface area contributed by atoms with Gasteiger partial charge in [0.05, 0.1) is 0 Å². The summed E-state index contributed by atoms with van der Waals surface area (Å²) >= 11 is 0. The van der Waals surface area contributed by atoms with Crippen molar-refractivity contribution in [1.82, 2.24) is 4.90 Å². The SMILES string of the molecule is CC1=NS(=O)(=O)[C@H](Cc2ccc(N3CCN(C(C)(C)C)CC3)cc2)C(C)(C)O1. The fourth-order valence-corrected chi connectivity index (χ4v) is 5.80. The van der Waals surface area contributed by atoms with Gasteiger partial charge in [0.1, 0.15) is 10.9 Å². The maximum atomic E-state index is 12.6. The number of hydrogen-bond donors (Lipinski definition) is 0. The van der Waals surface area contributed by atoms with Crippen molar-refractivity contribution in [2.45, 2.75) is 64.4 Å². The molecule has 1 atom stereocenters. The monoisotopic (exact) mass is 407 g/mol. The predicted molar refractivity (Wildman–Crippen MR) is 115 cm³/mol. The second-order valence-electron chi connectivity index (χ2n) is 9.33. The normalized spacial score (nSPS) is 25.1. The molecule has 1 fully saturated rings. The maximum absolute atomic E-state index is 12.6. The minimum atomic E-state index is -3.58. The summed E-state index contributed by atoms with van der Waals surface area (Å²) in [6.45, 7) is 16.1. The number of nitrogens with zero attached hydrogens (tertiary/aromatic N) is 3. The van der Waals surface area contributed by atoms with Gasteiger partial charge in [0, 0.05) is 44.3 Å². The van der Waals surface area contributed by atoms with Gasteiger partial charge in [-0.25, -0.2) is 8.42 Å². The van der Waals surface area contributed by atoms with E-state index >= 15 is 0 Å². The van der Waals surface area contributed by atoms with Crippen LogP contribution in [0.3, 0.4) is 0 Å². The molecule has 0 aliphatic carbocycles. The van der Waals surface area contributed by atoms with Crippen LogP contribution in [0.2, 0.25) is 0 Å². The van der Waals surface area contributed by atoms with Crippen molar-refractivity contribution in [2.24, 2.45) is 4.40 Å². The quantitative estimate of drug-likeness (QED) is 0.771. The van der Waals surface area contributed by atoms with E-state index in [9.17, 15) is 8.42 Å². The summed E-state index contributed by atoms with van der Waals surface area (Å²) < 4.78 is 34.6. The first-order valence-corrected chi connectivity index (χ1v) is 11.5. The van der Waals surface area contributed by atoms with Gasteiger partial charge in [-0.3, -0.25) is 4.90 Å². The highest BCUT2D eigenvalue weighted by Gasteiger charge is 2.45. The Morgan fingerprint density at radius 2 is 1.68 bits per heavy atom. The van der Waals surface area contributed by atoms with Gasteiger partial charge in [-0.1, -0.05) is 12.1 Å². The van der Waals surface area contributed by atoms with E-state index in [0.29, 0.717) is 6.42 Å². The highest BCUT2D eigenvalue weighted by Crippen LogP contribution is 2.31. The molecule has 2 aliphatic heterocycles. The van der Waals surface area contributed by atoms with E-state index in [1.807, 2.05) is 26.0 Å². The fourth-order valence-electron chi connectivity index (χ4n) is 4.11. The molecule has 3 rings (SSSR count). The van der Waals surface area contributed by atoms with E-state index in [2.05, 4.69) is 47.1 Å². The molecule has 6 nitrogen and oxygen atoms in total. The lowest BCUT2D eigenvalue weighted by molar-refractivity contribution is 0.0839. The first-order valence-electron chi connectivity index (χ1n) is 9.97. The molecule has 0 aromatic heterocycles. The highest BCUT2D eigenvalue weighted by atomic mass is 32.2. The van der Waals surface area contributed by atoms with Crippen LogP contribution in [0, 0.1) is 0 Å². The van der Waals surface area contributed by atoms with Crippen LogP contribution in [0.4, 0.5) is 5.69 Å². The summed E-state index contributed by atoms with van der Waals surface area (Å²) in [4.78, 5) is 4.90. The lowest BCUT2D eigenvalue weighted by Crippen LogP contribution is -2.53. The molecule has 156 valence electrons. The number of piperazine rings is 1. The van der Waals surface area contributed by atoms with E-state index in [1.165, 1.54) is 5.69 Å². The van der Waals surface area contributed by atoms with Crippen molar-refractivity contribution >= 4 is 21.6 Å². The van der Waals surface area contributed by atoms with Crippen LogP contribution < -0.4 is 4.90 Å². The summed E-state index contributed by atoms with van der Waals surface area (Å²) in [5.41, 5.74) is 1.58. The van der Waals surface area contributed by atoms with Crippen molar-refractivity contribution in [3.05, 3.63) is 29.8 Å². The molecule has 0 amide bonds. The third-order valence-electron chi connectivity index (χ3n) is 5.75. The largest absolute Gasteiger partial charge is 0.473 e. The van der Waals surface area contributed by atoms with Crippen molar-refractivity contribution < 1.29 is 13.2 Å². The zero-order valence-corrected chi connectivity index (χ0v) is 18.7. The van der Waals surface area contributed by atoms with Crippen LogP contribution in [0.1, 0.15) is 47.1 Å². The van der Waals surface area contributed by atoms with E-state index < -0.39 is 20.9 Å². The Morgan fingerprint density at radius 1 is 1.11 bits per heavy atom. The molecule has 0 saturated carbocycles. The smallest absolute Gasteiger partial charge is 0.263 e. The van der Waals surface area contributed by atoms with Gasteiger partial charge in [0.25, 0.3) is 10.0 Å². The van der Waals surface area contributed by atoms with Gasteiger partial charge in [0.2, 0.25) is 0 Å². The Labute approximate surface area is 169 Å². The average molecular weight is 408 g/mol. The third-order valence-corrected chi connectivity index (χ3v) is 7.72. The first-order chi connectivity index (χ1) is 12.9. The Bertz CT molecular complexity index is 831. The Morgan fingerprint density at radius 3 is 2.18 bits per heavy atom. The molecule has 0 unspecified atom stereocenters. The standard InChI is InChI=1S/C21H33N3O3S/c1-16-22-28(25,26)19(21(5,6)27-16)15-17-7-9-18(10-8-17)23-11-13-24(14-12-23)20(2,3)4/h7-10,19H,11-15H2,1-6H3/t19-/m1/s1. The molecule has 1 saturated heterocycles. The molecule has 1 aromatic carbocycles. The summed E-state index contributed by atoms with van der Waals surface area (Å²) in [5, 5.41) is -0.690. The summed E-state index contributed by atoms with van der Waals surface area (Å²) in [5.74, 6) is 0.214.